The van der Waals surface area contributed by atoms with Crippen LogP contribution in [0.1, 0.15) is 10.5 Å². The van der Waals surface area contributed by atoms with E-state index in [1.807, 2.05) is 24.3 Å². The molecule has 6 nitrogen and oxygen atoms in total. The van der Waals surface area contributed by atoms with Gasteiger partial charge in [0.15, 0.2) is 11.5 Å². The maximum atomic E-state index is 11.7. The fourth-order valence-electron chi connectivity index (χ4n) is 2.11. The van der Waals surface area contributed by atoms with E-state index in [-0.39, 0.29) is 5.69 Å². The van der Waals surface area contributed by atoms with Gasteiger partial charge in [-0.15, -0.1) is 0 Å². The molecule has 0 aliphatic heterocycles. The predicted molar refractivity (Wildman–Crippen MR) is 79.2 cm³/mol. The molecule has 2 heterocycles. The first-order chi connectivity index (χ1) is 10.7. The van der Waals surface area contributed by atoms with Crippen LogP contribution in [-0.2, 0) is 4.74 Å². The van der Waals surface area contributed by atoms with Gasteiger partial charge in [-0.1, -0.05) is 0 Å². The minimum absolute atomic E-state index is 0.213. The van der Waals surface area contributed by atoms with E-state index in [0.717, 1.165) is 11.4 Å². The zero-order valence-electron chi connectivity index (χ0n) is 12.1. The van der Waals surface area contributed by atoms with E-state index < -0.39 is 5.97 Å². The first-order valence-corrected chi connectivity index (χ1v) is 6.59. The van der Waals surface area contributed by atoms with Gasteiger partial charge in [0.05, 0.1) is 26.2 Å². The Kier molecular flexibility index (Phi) is 3.65. The quantitative estimate of drug-likeness (QED) is 0.693. The number of hydrogen-bond donors (Lipinski definition) is 0. The number of carbonyl (C=O) groups is 1. The number of benzene rings is 1. The molecule has 1 aromatic carbocycles. The van der Waals surface area contributed by atoms with Crippen molar-refractivity contribution < 1.29 is 18.7 Å². The van der Waals surface area contributed by atoms with E-state index in [1.54, 1.807) is 36.3 Å². The van der Waals surface area contributed by atoms with Crippen LogP contribution in [0.25, 0.3) is 17.1 Å². The number of aromatic nitrogens is 2. The van der Waals surface area contributed by atoms with Gasteiger partial charge in [-0.3, -0.25) is 0 Å². The van der Waals surface area contributed by atoms with Gasteiger partial charge in [0.1, 0.15) is 11.4 Å². The van der Waals surface area contributed by atoms with Gasteiger partial charge in [-0.05, 0) is 36.4 Å². The number of methoxy groups -OCH3 is 2. The van der Waals surface area contributed by atoms with Gasteiger partial charge in [0, 0.05) is 6.07 Å². The van der Waals surface area contributed by atoms with E-state index in [2.05, 4.69) is 5.10 Å². The third kappa shape index (κ3) is 2.46. The second-order valence-electron chi connectivity index (χ2n) is 4.49. The van der Waals surface area contributed by atoms with Crippen LogP contribution in [0.15, 0.2) is 53.1 Å². The summed E-state index contributed by atoms with van der Waals surface area (Å²) in [5.74, 6) is 0.849. The van der Waals surface area contributed by atoms with Gasteiger partial charge < -0.3 is 13.9 Å². The number of ether oxygens (including phenoxy) is 2. The Morgan fingerprint density at radius 3 is 2.55 bits per heavy atom. The first-order valence-electron chi connectivity index (χ1n) is 6.59. The molecular weight excluding hydrogens is 284 g/mol. The average molecular weight is 298 g/mol. The number of esters is 1. The number of rotatable bonds is 4. The van der Waals surface area contributed by atoms with Crippen LogP contribution >= 0.6 is 0 Å². The minimum Gasteiger partial charge on any atom is -0.497 e. The molecule has 0 bridgehead atoms. The highest BCUT2D eigenvalue weighted by Gasteiger charge is 2.18. The monoisotopic (exact) mass is 298 g/mol. The molecule has 0 spiro atoms. The number of hydrogen-bond acceptors (Lipinski definition) is 5. The van der Waals surface area contributed by atoms with Crippen LogP contribution in [0, 0.1) is 0 Å². The molecule has 0 aliphatic carbocycles. The lowest BCUT2D eigenvalue weighted by Crippen LogP contribution is -2.04. The van der Waals surface area contributed by atoms with Crippen molar-refractivity contribution in [1.29, 1.82) is 0 Å². The summed E-state index contributed by atoms with van der Waals surface area (Å²) in [6.45, 7) is 0. The van der Waals surface area contributed by atoms with Crippen LogP contribution in [0.3, 0.4) is 0 Å². The normalized spacial score (nSPS) is 10.5. The van der Waals surface area contributed by atoms with Crippen LogP contribution in [0.2, 0.25) is 0 Å². The van der Waals surface area contributed by atoms with E-state index in [0.29, 0.717) is 11.5 Å². The van der Waals surface area contributed by atoms with Crippen LogP contribution in [0.5, 0.6) is 5.75 Å². The lowest BCUT2D eigenvalue weighted by atomic mass is 10.2. The molecule has 0 saturated carbocycles. The summed E-state index contributed by atoms with van der Waals surface area (Å²) in [6, 6.07) is 12.5. The third-order valence-electron chi connectivity index (χ3n) is 3.19. The van der Waals surface area contributed by atoms with Gasteiger partial charge >= 0.3 is 5.97 Å². The number of carbonyl (C=O) groups excluding carboxylic acids is 1. The maximum absolute atomic E-state index is 11.7. The Morgan fingerprint density at radius 2 is 1.95 bits per heavy atom. The molecule has 3 aromatic rings. The smallest absolute Gasteiger partial charge is 0.358 e. The molecule has 0 atom stereocenters. The van der Waals surface area contributed by atoms with Crippen LogP contribution in [-0.4, -0.2) is 30.0 Å². The van der Waals surface area contributed by atoms with Gasteiger partial charge in [0.25, 0.3) is 0 Å². The summed E-state index contributed by atoms with van der Waals surface area (Å²) in [4.78, 5) is 11.7. The van der Waals surface area contributed by atoms with Gasteiger partial charge in [-0.2, -0.15) is 5.10 Å². The Morgan fingerprint density at radius 1 is 1.18 bits per heavy atom. The summed E-state index contributed by atoms with van der Waals surface area (Å²) in [5.41, 5.74) is 1.66. The highest BCUT2D eigenvalue weighted by atomic mass is 16.5. The Labute approximate surface area is 126 Å². The largest absolute Gasteiger partial charge is 0.497 e. The summed E-state index contributed by atoms with van der Waals surface area (Å²) < 4.78 is 16.9. The standard InChI is InChI=1S/C16H14N2O4/c1-20-12-7-5-11(6-8-12)18-14(15-4-3-9-22-15)10-13(17-18)16(19)21-2/h3-10H,1-2H3. The SMILES string of the molecule is COC(=O)c1cc(-c2ccco2)n(-c2ccc(OC)cc2)n1. The fraction of sp³-hybridized carbons (Fsp3) is 0.125. The van der Waals surface area contributed by atoms with Crippen molar-refractivity contribution in [1.82, 2.24) is 9.78 Å². The molecule has 6 heteroatoms. The second-order valence-corrected chi connectivity index (χ2v) is 4.49. The second kappa shape index (κ2) is 5.77. The number of nitrogens with zero attached hydrogens (tertiary/aromatic N) is 2. The third-order valence-corrected chi connectivity index (χ3v) is 3.19. The summed E-state index contributed by atoms with van der Waals surface area (Å²) >= 11 is 0. The first kappa shape index (κ1) is 13.9. The van der Waals surface area contributed by atoms with Gasteiger partial charge in [0.2, 0.25) is 0 Å². The van der Waals surface area contributed by atoms with E-state index in [9.17, 15) is 4.79 Å². The van der Waals surface area contributed by atoms with Crippen molar-refractivity contribution in [3.63, 3.8) is 0 Å². The van der Waals surface area contributed by atoms with Crippen molar-refractivity contribution in [2.75, 3.05) is 14.2 Å². The molecule has 0 aliphatic rings. The number of furan rings is 1. The highest BCUT2D eigenvalue weighted by Crippen LogP contribution is 2.25. The van der Waals surface area contributed by atoms with E-state index in [1.165, 1.54) is 7.11 Å². The summed E-state index contributed by atoms with van der Waals surface area (Å²) in [6.07, 6.45) is 1.57. The average Bonchev–Trinajstić information content (AvgIpc) is 3.23. The molecule has 0 unspecified atom stereocenters. The van der Waals surface area contributed by atoms with Crippen molar-refractivity contribution in [2.45, 2.75) is 0 Å². The molecular formula is C16H14N2O4. The molecule has 0 radical (unpaired) electrons. The molecule has 22 heavy (non-hydrogen) atoms. The van der Waals surface area contributed by atoms with E-state index >= 15 is 0 Å². The van der Waals surface area contributed by atoms with Crippen LogP contribution in [0.4, 0.5) is 0 Å². The minimum atomic E-state index is -0.500. The fourth-order valence-corrected chi connectivity index (χ4v) is 2.11. The Balaban J connectivity index is 2.11. The molecule has 3 rings (SSSR count). The molecule has 0 fully saturated rings. The molecule has 2 aromatic heterocycles. The van der Waals surface area contributed by atoms with Crippen molar-refractivity contribution in [3.05, 3.63) is 54.4 Å². The molecule has 0 N–H and O–H groups in total. The zero-order chi connectivity index (χ0) is 15.5. The van der Waals surface area contributed by atoms with Crippen molar-refractivity contribution >= 4 is 5.97 Å². The highest BCUT2D eigenvalue weighted by molar-refractivity contribution is 5.88. The predicted octanol–water partition coefficient (Wildman–Crippen LogP) is 2.93. The Bertz CT molecular complexity index is 773. The lowest BCUT2D eigenvalue weighted by molar-refractivity contribution is 0.0593. The summed E-state index contributed by atoms with van der Waals surface area (Å²) in [7, 11) is 2.92. The van der Waals surface area contributed by atoms with Crippen molar-refractivity contribution in [2.24, 2.45) is 0 Å². The van der Waals surface area contributed by atoms with Gasteiger partial charge in [-0.25, -0.2) is 9.48 Å². The Hall–Kier alpha value is -3.02. The molecule has 112 valence electrons. The van der Waals surface area contributed by atoms with E-state index in [4.69, 9.17) is 13.9 Å². The molecule has 0 amide bonds. The lowest BCUT2D eigenvalue weighted by Gasteiger charge is -2.06. The van der Waals surface area contributed by atoms with Crippen molar-refractivity contribution in [3.8, 4) is 22.9 Å². The maximum Gasteiger partial charge on any atom is 0.358 e. The van der Waals surface area contributed by atoms with Crippen LogP contribution < -0.4 is 4.74 Å². The zero-order valence-corrected chi connectivity index (χ0v) is 12.1. The molecule has 0 saturated heterocycles. The summed E-state index contributed by atoms with van der Waals surface area (Å²) in [5, 5.41) is 4.30. The topological polar surface area (TPSA) is 66.5 Å².